The van der Waals surface area contributed by atoms with E-state index in [1.807, 2.05) is 24.3 Å². The van der Waals surface area contributed by atoms with Gasteiger partial charge in [0.2, 0.25) is 5.91 Å². The summed E-state index contributed by atoms with van der Waals surface area (Å²) in [6, 6.07) is 9.31. The minimum absolute atomic E-state index is 0.000210. The molecule has 4 heteroatoms. The molecule has 1 heterocycles. The first-order chi connectivity index (χ1) is 8.87. The summed E-state index contributed by atoms with van der Waals surface area (Å²) in [5, 5.41) is 4.15. The van der Waals surface area contributed by atoms with Gasteiger partial charge in [-0.15, -0.1) is 0 Å². The zero-order valence-electron chi connectivity index (χ0n) is 11.5. The molecule has 2 rings (SSSR count). The van der Waals surface area contributed by atoms with Crippen LogP contribution in [0, 0.1) is 0 Å². The van der Waals surface area contributed by atoms with Crippen molar-refractivity contribution in [3.8, 4) is 0 Å². The van der Waals surface area contributed by atoms with E-state index in [4.69, 9.17) is 5.73 Å². The number of nitrogens with one attached hydrogen (secondary N) is 1. The molecule has 0 saturated carbocycles. The van der Waals surface area contributed by atoms with Crippen molar-refractivity contribution in [1.29, 1.82) is 0 Å². The fourth-order valence-electron chi connectivity index (χ4n) is 1.88. The molecule has 100 valence electrons. The van der Waals surface area contributed by atoms with Crippen molar-refractivity contribution in [2.45, 2.75) is 32.9 Å². The lowest BCUT2D eigenvalue weighted by molar-refractivity contribution is 0.100. The summed E-state index contributed by atoms with van der Waals surface area (Å²) in [4.78, 5) is 16.1. The fraction of sp³-hybridized carbons (Fsp3) is 0.333. The molecule has 0 fully saturated rings. The quantitative estimate of drug-likeness (QED) is 0.886. The Balaban J connectivity index is 2.44. The molecule has 0 unspecified atom stereocenters. The molecular weight excluding hydrogens is 238 g/mol. The number of nitrogens with zero attached hydrogens (tertiary/aromatic N) is 1. The fourth-order valence-corrected chi connectivity index (χ4v) is 1.88. The van der Waals surface area contributed by atoms with Crippen LogP contribution in [0.1, 0.15) is 36.8 Å². The van der Waals surface area contributed by atoms with Gasteiger partial charge in [-0.05, 0) is 32.9 Å². The Kier molecular flexibility index (Phi) is 3.53. The minimum atomic E-state index is -0.421. The maximum absolute atomic E-state index is 11.5. The summed E-state index contributed by atoms with van der Waals surface area (Å²) in [6.07, 6.45) is 0. The van der Waals surface area contributed by atoms with Gasteiger partial charge in [0.05, 0.1) is 16.8 Å². The molecule has 0 aliphatic carbocycles. The number of rotatable bonds is 3. The standard InChI is InChI=1S/C15H19N3O/c1-15(2,3)17-9-10-8-12(14(16)19)11-6-4-5-7-13(11)18-10/h4-8,17H,9H2,1-3H3,(H2,16,19). The Bertz CT molecular complexity index is 614. The number of aromatic nitrogens is 1. The second kappa shape index (κ2) is 4.97. The molecule has 1 aromatic carbocycles. The monoisotopic (exact) mass is 257 g/mol. The van der Waals surface area contributed by atoms with E-state index in [1.165, 1.54) is 0 Å². The molecule has 0 bridgehead atoms. The number of carbonyl (C=O) groups excluding carboxylic acids is 1. The molecule has 0 saturated heterocycles. The van der Waals surface area contributed by atoms with Crippen molar-refractivity contribution in [2.75, 3.05) is 0 Å². The van der Waals surface area contributed by atoms with Gasteiger partial charge in [0, 0.05) is 17.5 Å². The molecule has 0 aliphatic heterocycles. The van der Waals surface area contributed by atoms with Gasteiger partial charge in [-0.2, -0.15) is 0 Å². The van der Waals surface area contributed by atoms with Gasteiger partial charge in [-0.1, -0.05) is 18.2 Å². The van der Waals surface area contributed by atoms with Gasteiger partial charge in [-0.3, -0.25) is 9.78 Å². The minimum Gasteiger partial charge on any atom is -0.366 e. The average Bonchev–Trinajstić information content (AvgIpc) is 2.34. The molecule has 2 aromatic rings. The summed E-state index contributed by atoms with van der Waals surface area (Å²) >= 11 is 0. The zero-order valence-corrected chi connectivity index (χ0v) is 11.5. The van der Waals surface area contributed by atoms with Crippen LogP contribution in [0.5, 0.6) is 0 Å². The Hall–Kier alpha value is -1.94. The first-order valence-electron chi connectivity index (χ1n) is 6.30. The predicted molar refractivity (Wildman–Crippen MR) is 76.9 cm³/mol. The van der Waals surface area contributed by atoms with E-state index < -0.39 is 5.91 Å². The van der Waals surface area contributed by atoms with Crippen LogP contribution < -0.4 is 11.1 Å². The lowest BCUT2D eigenvalue weighted by atomic mass is 10.1. The molecule has 3 N–H and O–H groups in total. The highest BCUT2D eigenvalue weighted by molar-refractivity contribution is 6.05. The molecule has 4 nitrogen and oxygen atoms in total. The molecular formula is C15H19N3O. The van der Waals surface area contributed by atoms with E-state index in [0.29, 0.717) is 12.1 Å². The van der Waals surface area contributed by atoms with Gasteiger partial charge in [0.15, 0.2) is 0 Å². The second-order valence-electron chi connectivity index (χ2n) is 5.65. The summed E-state index contributed by atoms with van der Waals surface area (Å²) in [5.41, 5.74) is 7.59. The molecule has 19 heavy (non-hydrogen) atoms. The third kappa shape index (κ3) is 3.29. The maximum Gasteiger partial charge on any atom is 0.249 e. The van der Waals surface area contributed by atoms with Gasteiger partial charge in [0.25, 0.3) is 0 Å². The summed E-state index contributed by atoms with van der Waals surface area (Å²) in [6.45, 7) is 6.86. The Morgan fingerprint density at radius 3 is 2.63 bits per heavy atom. The van der Waals surface area contributed by atoms with Crippen molar-refractivity contribution < 1.29 is 4.79 Å². The van der Waals surface area contributed by atoms with Crippen LogP contribution in [0.2, 0.25) is 0 Å². The van der Waals surface area contributed by atoms with E-state index in [-0.39, 0.29) is 5.54 Å². The number of hydrogen-bond donors (Lipinski definition) is 2. The largest absolute Gasteiger partial charge is 0.366 e. The normalized spacial score (nSPS) is 11.7. The highest BCUT2D eigenvalue weighted by Crippen LogP contribution is 2.18. The molecule has 0 aliphatic rings. The first kappa shape index (κ1) is 13.5. The number of carbonyl (C=O) groups is 1. The van der Waals surface area contributed by atoms with Crippen molar-refractivity contribution >= 4 is 16.8 Å². The van der Waals surface area contributed by atoms with Crippen LogP contribution in [0.25, 0.3) is 10.9 Å². The summed E-state index contributed by atoms with van der Waals surface area (Å²) in [7, 11) is 0. The highest BCUT2D eigenvalue weighted by atomic mass is 16.1. The average molecular weight is 257 g/mol. The lowest BCUT2D eigenvalue weighted by Crippen LogP contribution is -2.35. The Morgan fingerprint density at radius 1 is 1.32 bits per heavy atom. The van der Waals surface area contributed by atoms with Crippen molar-refractivity contribution in [3.05, 3.63) is 41.6 Å². The number of primary amides is 1. The molecule has 1 amide bonds. The number of fused-ring (bicyclic) bond motifs is 1. The summed E-state index contributed by atoms with van der Waals surface area (Å²) in [5.74, 6) is -0.421. The van der Waals surface area contributed by atoms with Gasteiger partial charge < -0.3 is 11.1 Å². The van der Waals surface area contributed by atoms with Crippen molar-refractivity contribution in [2.24, 2.45) is 5.73 Å². The van der Waals surface area contributed by atoms with E-state index in [0.717, 1.165) is 16.6 Å². The topological polar surface area (TPSA) is 68.0 Å². The van der Waals surface area contributed by atoms with Crippen LogP contribution in [0.15, 0.2) is 30.3 Å². The first-order valence-corrected chi connectivity index (χ1v) is 6.30. The smallest absolute Gasteiger partial charge is 0.249 e. The molecule has 0 radical (unpaired) electrons. The number of amides is 1. The molecule has 1 aromatic heterocycles. The number of hydrogen-bond acceptors (Lipinski definition) is 3. The predicted octanol–water partition coefficient (Wildman–Crippen LogP) is 2.22. The third-order valence-corrected chi connectivity index (χ3v) is 2.83. The van der Waals surface area contributed by atoms with Gasteiger partial charge in [-0.25, -0.2) is 0 Å². The van der Waals surface area contributed by atoms with Crippen LogP contribution in [-0.2, 0) is 6.54 Å². The third-order valence-electron chi connectivity index (χ3n) is 2.83. The van der Waals surface area contributed by atoms with Crippen LogP contribution in [0.4, 0.5) is 0 Å². The molecule has 0 spiro atoms. The number of benzene rings is 1. The lowest BCUT2D eigenvalue weighted by Gasteiger charge is -2.20. The van der Waals surface area contributed by atoms with Gasteiger partial charge in [0.1, 0.15) is 0 Å². The highest BCUT2D eigenvalue weighted by Gasteiger charge is 2.12. The van der Waals surface area contributed by atoms with E-state index in [2.05, 4.69) is 31.1 Å². The second-order valence-corrected chi connectivity index (χ2v) is 5.65. The van der Waals surface area contributed by atoms with E-state index >= 15 is 0 Å². The van der Waals surface area contributed by atoms with Crippen LogP contribution >= 0.6 is 0 Å². The van der Waals surface area contributed by atoms with Crippen LogP contribution in [0.3, 0.4) is 0 Å². The SMILES string of the molecule is CC(C)(C)NCc1cc(C(N)=O)c2ccccc2n1. The van der Waals surface area contributed by atoms with E-state index in [1.54, 1.807) is 6.07 Å². The van der Waals surface area contributed by atoms with Crippen molar-refractivity contribution in [3.63, 3.8) is 0 Å². The number of para-hydroxylation sites is 1. The Morgan fingerprint density at radius 2 is 2.00 bits per heavy atom. The number of pyridine rings is 1. The van der Waals surface area contributed by atoms with Crippen LogP contribution in [-0.4, -0.2) is 16.4 Å². The number of nitrogens with two attached hydrogens (primary N) is 1. The molecule has 0 atom stereocenters. The van der Waals surface area contributed by atoms with E-state index in [9.17, 15) is 4.79 Å². The Labute approximate surface area is 113 Å². The van der Waals surface area contributed by atoms with Crippen molar-refractivity contribution in [1.82, 2.24) is 10.3 Å². The zero-order chi connectivity index (χ0) is 14.0. The maximum atomic E-state index is 11.5. The van der Waals surface area contributed by atoms with Gasteiger partial charge >= 0.3 is 0 Å². The summed E-state index contributed by atoms with van der Waals surface area (Å²) < 4.78 is 0.